The van der Waals surface area contributed by atoms with Gasteiger partial charge in [-0.05, 0) is 36.6 Å². The molecule has 126 valence electrons. The Balaban J connectivity index is 1.91. The Labute approximate surface area is 143 Å². The van der Waals surface area contributed by atoms with E-state index in [2.05, 4.69) is 26.0 Å². The van der Waals surface area contributed by atoms with Crippen LogP contribution in [0.25, 0.3) is 0 Å². The molecule has 1 atom stereocenters. The van der Waals surface area contributed by atoms with Crippen molar-refractivity contribution in [1.82, 2.24) is 0 Å². The minimum absolute atomic E-state index is 0.0315. The van der Waals surface area contributed by atoms with Gasteiger partial charge in [0.15, 0.2) is 6.10 Å². The van der Waals surface area contributed by atoms with Crippen LogP contribution in [0.15, 0.2) is 42.5 Å². The molecule has 1 aliphatic heterocycles. The number of amides is 1. The lowest BCUT2D eigenvalue weighted by Gasteiger charge is -2.35. The number of carbonyl (C=O) groups excluding carboxylic acids is 1. The molecule has 0 fully saturated rings. The van der Waals surface area contributed by atoms with Crippen LogP contribution in [0.4, 0.5) is 11.4 Å². The summed E-state index contributed by atoms with van der Waals surface area (Å²) in [6.45, 7) is 4.89. The molecule has 2 aromatic rings. The number of anilines is 2. The Morgan fingerprint density at radius 3 is 2.75 bits per heavy atom. The van der Waals surface area contributed by atoms with Crippen LogP contribution in [-0.4, -0.2) is 18.6 Å². The molecule has 2 N–H and O–H groups in total. The van der Waals surface area contributed by atoms with Crippen molar-refractivity contribution in [2.24, 2.45) is 0 Å². The summed E-state index contributed by atoms with van der Waals surface area (Å²) in [4.78, 5) is 14.8. The first kappa shape index (κ1) is 16.4. The third kappa shape index (κ3) is 3.23. The Morgan fingerprint density at radius 1 is 1.21 bits per heavy atom. The zero-order valence-corrected chi connectivity index (χ0v) is 14.3. The van der Waals surface area contributed by atoms with Crippen LogP contribution in [0, 0.1) is 6.92 Å². The van der Waals surface area contributed by atoms with Crippen LogP contribution in [-0.2, 0) is 11.2 Å². The maximum absolute atomic E-state index is 13.0. The average Bonchev–Trinajstić information content (AvgIpc) is 2.57. The van der Waals surface area contributed by atoms with Gasteiger partial charge in [-0.25, -0.2) is 0 Å². The fraction of sp³-hybridized carbons (Fsp3) is 0.350. The van der Waals surface area contributed by atoms with E-state index in [-0.39, 0.29) is 5.91 Å². The molecule has 0 aromatic heterocycles. The number of ether oxygens (including phenoxy) is 1. The van der Waals surface area contributed by atoms with Crippen molar-refractivity contribution < 1.29 is 9.53 Å². The molecule has 1 heterocycles. The maximum atomic E-state index is 13.0. The lowest BCUT2D eigenvalue weighted by molar-refractivity contribution is -0.126. The van der Waals surface area contributed by atoms with Crippen LogP contribution in [0.5, 0.6) is 5.75 Å². The van der Waals surface area contributed by atoms with E-state index in [0.29, 0.717) is 24.4 Å². The number of nitrogen functional groups attached to an aromatic ring is 1. The van der Waals surface area contributed by atoms with Gasteiger partial charge in [0.05, 0.1) is 5.69 Å². The Hall–Kier alpha value is -2.49. The van der Waals surface area contributed by atoms with E-state index < -0.39 is 6.10 Å². The van der Waals surface area contributed by atoms with Crippen molar-refractivity contribution >= 4 is 17.3 Å². The van der Waals surface area contributed by atoms with E-state index in [1.165, 1.54) is 5.56 Å². The summed E-state index contributed by atoms with van der Waals surface area (Å²) in [5.74, 6) is 0.730. The molecular weight excluding hydrogens is 300 g/mol. The summed E-state index contributed by atoms with van der Waals surface area (Å²) in [6.07, 6.45) is 2.07. The van der Waals surface area contributed by atoms with Gasteiger partial charge in [0.2, 0.25) is 0 Å². The van der Waals surface area contributed by atoms with Crippen LogP contribution in [0.1, 0.15) is 30.9 Å². The SMILES string of the molecule is CCCCN1C(=O)C(Cc2ccccc2C)Oc2cc(N)ccc21. The lowest BCUT2D eigenvalue weighted by atomic mass is 10.0. The van der Waals surface area contributed by atoms with Crippen molar-refractivity contribution in [2.45, 2.75) is 39.2 Å². The highest BCUT2D eigenvalue weighted by molar-refractivity contribution is 6.00. The first-order valence-corrected chi connectivity index (χ1v) is 8.52. The molecule has 0 spiro atoms. The maximum Gasteiger partial charge on any atom is 0.268 e. The van der Waals surface area contributed by atoms with E-state index in [1.807, 2.05) is 35.2 Å². The summed E-state index contributed by atoms with van der Waals surface area (Å²) in [5.41, 5.74) is 9.68. The van der Waals surface area contributed by atoms with Gasteiger partial charge < -0.3 is 15.4 Å². The standard InChI is InChI=1S/C20H24N2O2/c1-3-4-11-22-17-10-9-16(21)13-18(17)24-19(20(22)23)12-15-8-6-5-7-14(15)2/h5-10,13,19H,3-4,11-12,21H2,1-2H3. The molecule has 0 saturated carbocycles. The van der Waals surface area contributed by atoms with Crippen LogP contribution >= 0.6 is 0 Å². The van der Waals surface area contributed by atoms with Crippen molar-refractivity contribution in [3.63, 3.8) is 0 Å². The minimum atomic E-state index is -0.503. The van der Waals surface area contributed by atoms with Gasteiger partial charge in [-0.2, -0.15) is 0 Å². The smallest absolute Gasteiger partial charge is 0.268 e. The van der Waals surface area contributed by atoms with Crippen LogP contribution in [0.3, 0.4) is 0 Å². The predicted octanol–water partition coefficient (Wildman–Crippen LogP) is 3.71. The molecule has 4 nitrogen and oxygen atoms in total. The molecule has 0 aliphatic carbocycles. The molecule has 0 radical (unpaired) electrons. The van der Waals surface area contributed by atoms with Crippen molar-refractivity contribution in [3.05, 3.63) is 53.6 Å². The number of nitrogens with two attached hydrogens (primary N) is 1. The quantitative estimate of drug-likeness (QED) is 0.853. The first-order chi connectivity index (χ1) is 11.6. The first-order valence-electron chi connectivity index (χ1n) is 8.52. The molecule has 0 saturated heterocycles. The number of hydrogen-bond donors (Lipinski definition) is 1. The molecule has 0 bridgehead atoms. The molecule has 4 heteroatoms. The van der Waals surface area contributed by atoms with Crippen molar-refractivity contribution in [1.29, 1.82) is 0 Å². The molecule has 2 aromatic carbocycles. The molecule has 24 heavy (non-hydrogen) atoms. The highest BCUT2D eigenvalue weighted by Gasteiger charge is 2.34. The number of unbranched alkanes of at least 4 members (excludes halogenated alkanes) is 1. The Bertz CT molecular complexity index is 742. The molecular formula is C20H24N2O2. The zero-order valence-electron chi connectivity index (χ0n) is 14.3. The van der Waals surface area contributed by atoms with Gasteiger partial charge in [0.25, 0.3) is 5.91 Å². The summed E-state index contributed by atoms with van der Waals surface area (Å²) < 4.78 is 6.02. The fourth-order valence-corrected chi connectivity index (χ4v) is 3.06. The summed E-state index contributed by atoms with van der Waals surface area (Å²) in [7, 11) is 0. The second-order valence-corrected chi connectivity index (χ2v) is 6.31. The summed E-state index contributed by atoms with van der Waals surface area (Å²) in [5, 5.41) is 0. The van der Waals surface area contributed by atoms with Gasteiger partial charge in [-0.1, -0.05) is 37.6 Å². The third-order valence-electron chi connectivity index (χ3n) is 4.49. The van der Waals surface area contributed by atoms with E-state index in [0.717, 1.165) is 24.1 Å². The third-order valence-corrected chi connectivity index (χ3v) is 4.49. The number of benzene rings is 2. The minimum Gasteiger partial charge on any atom is -0.478 e. The lowest BCUT2D eigenvalue weighted by Crippen LogP contribution is -2.47. The average molecular weight is 324 g/mol. The second kappa shape index (κ2) is 6.95. The second-order valence-electron chi connectivity index (χ2n) is 6.31. The van der Waals surface area contributed by atoms with E-state index in [4.69, 9.17) is 10.5 Å². The van der Waals surface area contributed by atoms with E-state index in [9.17, 15) is 4.79 Å². The number of nitrogens with zero attached hydrogens (tertiary/aromatic N) is 1. The van der Waals surface area contributed by atoms with Crippen molar-refractivity contribution in [3.8, 4) is 5.75 Å². The number of fused-ring (bicyclic) bond motifs is 1. The molecule has 1 aliphatic rings. The van der Waals surface area contributed by atoms with Crippen LogP contribution in [0.2, 0.25) is 0 Å². The Kier molecular flexibility index (Phi) is 4.74. The van der Waals surface area contributed by atoms with E-state index in [1.54, 1.807) is 0 Å². The number of aryl methyl sites for hydroxylation is 1. The van der Waals surface area contributed by atoms with Gasteiger partial charge in [-0.3, -0.25) is 4.79 Å². The predicted molar refractivity (Wildman–Crippen MR) is 97.4 cm³/mol. The topological polar surface area (TPSA) is 55.6 Å². The van der Waals surface area contributed by atoms with Crippen molar-refractivity contribution in [2.75, 3.05) is 17.2 Å². The number of hydrogen-bond acceptors (Lipinski definition) is 3. The largest absolute Gasteiger partial charge is 0.478 e. The van der Waals surface area contributed by atoms with Gasteiger partial charge in [0, 0.05) is 24.7 Å². The highest BCUT2D eigenvalue weighted by atomic mass is 16.5. The molecule has 1 unspecified atom stereocenters. The van der Waals surface area contributed by atoms with Gasteiger partial charge >= 0.3 is 0 Å². The molecule has 1 amide bonds. The van der Waals surface area contributed by atoms with Gasteiger partial charge in [0.1, 0.15) is 5.75 Å². The monoisotopic (exact) mass is 324 g/mol. The summed E-state index contributed by atoms with van der Waals surface area (Å²) >= 11 is 0. The van der Waals surface area contributed by atoms with E-state index >= 15 is 0 Å². The Morgan fingerprint density at radius 2 is 2.00 bits per heavy atom. The normalized spacial score (nSPS) is 16.7. The summed E-state index contributed by atoms with van der Waals surface area (Å²) in [6, 6.07) is 13.6. The zero-order chi connectivity index (χ0) is 17.1. The van der Waals surface area contributed by atoms with Crippen LogP contribution < -0.4 is 15.4 Å². The molecule has 3 rings (SSSR count). The number of carbonyl (C=O) groups is 1. The number of rotatable bonds is 5. The van der Waals surface area contributed by atoms with Gasteiger partial charge in [-0.15, -0.1) is 0 Å². The fourth-order valence-electron chi connectivity index (χ4n) is 3.06. The highest BCUT2D eigenvalue weighted by Crippen LogP contribution is 2.36.